The lowest BCUT2D eigenvalue weighted by Gasteiger charge is -2.18. The van der Waals surface area contributed by atoms with E-state index >= 15 is 0 Å². The van der Waals surface area contributed by atoms with Crippen molar-refractivity contribution in [2.24, 2.45) is 22.9 Å². The van der Waals surface area contributed by atoms with Crippen LogP contribution in [0.25, 0.3) is 0 Å². The van der Waals surface area contributed by atoms with Gasteiger partial charge in [-0.05, 0) is 45.2 Å². The lowest BCUT2D eigenvalue weighted by Crippen LogP contribution is -2.50. The molecule has 0 aliphatic carbocycles. The van der Waals surface area contributed by atoms with Gasteiger partial charge in [0.25, 0.3) is 0 Å². The minimum Gasteiger partial charge on any atom is -0.368 e. The number of hydrogen-bond donors (Lipinski definition) is 5. The zero-order chi connectivity index (χ0) is 14.0. The Morgan fingerprint density at radius 3 is 2.11 bits per heavy atom. The maximum Gasteiger partial charge on any atom is 0.240 e. The Balaban J connectivity index is 4.14. The average Bonchev–Trinajstić information content (AvgIpc) is 2.34. The fraction of sp³-hybridized carbons (Fsp3) is 0.818. The molecule has 0 aromatic carbocycles. The van der Waals surface area contributed by atoms with Gasteiger partial charge in [-0.3, -0.25) is 9.59 Å². The number of primary amides is 1. The summed E-state index contributed by atoms with van der Waals surface area (Å²) in [5.74, 6) is -0.911. The van der Waals surface area contributed by atoms with Crippen molar-refractivity contribution in [1.82, 2.24) is 5.32 Å². The van der Waals surface area contributed by atoms with Crippen molar-refractivity contribution in [3.8, 4) is 0 Å². The Hall–Kier alpha value is -1.18. The second-order valence-electron chi connectivity index (χ2n) is 4.29. The maximum absolute atomic E-state index is 11.7. The largest absolute Gasteiger partial charge is 0.368 e. The van der Waals surface area contributed by atoms with Crippen molar-refractivity contribution in [2.75, 3.05) is 13.1 Å². The molecule has 0 unspecified atom stereocenters. The minimum absolute atomic E-state index is 0.361. The van der Waals surface area contributed by atoms with E-state index < -0.39 is 18.0 Å². The summed E-state index contributed by atoms with van der Waals surface area (Å²) in [7, 11) is 0. The molecule has 0 aliphatic rings. The first-order chi connectivity index (χ1) is 8.52. The van der Waals surface area contributed by atoms with Crippen LogP contribution in [0.5, 0.6) is 0 Å². The van der Waals surface area contributed by atoms with Crippen molar-refractivity contribution in [3.05, 3.63) is 0 Å². The van der Waals surface area contributed by atoms with E-state index in [4.69, 9.17) is 22.9 Å². The third-order valence-corrected chi connectivity index (χ3v) is 2.66. The highest BCUT2D eigenvalue weighted by Gasteiger charge is 2.21. The van der Waals surface area contributed by atoms with Crippen LogP contribution in [0.4, 0.5) is 0 Å². The molecule has 106 valence electrons. The molecule has 0 radical (unpaired) electrons. The number of amides is 2. The van der Waals surface area contributed by atoms with Gasteiger partial charge < -0.3 is 28.3 Å². The van der Waals surface area contributed by atoms with E-state index in [0.717, 1.165) is 12.8 Å². The molecule has 18 heavy (non-hydrogen) atoms. The molecule has 7 heteroatoms. The Morgan fingerprint density at radius 2 is 1.61 bits per heavy atom. The van der Waals surface area contributed by atoms with E-state index in [0.29, 0.717) is 32.4 Å². The van der Waals surface area contributed by atoms with Crippen LogP contribution in [0, 0.1) is 0 Å². The second-order valence-corrected chi connectivity index (χ2v) is 4.29. The molecule has 0 bridgehead atoms. The lowest BCUT2D eigenvalue weighted by atomic mass is 10.1. The number of rotatable bonds is 10. The van der Waals surface area contributed by atoms with Crippen LogP contribution in [0.15, 0.2) is 0 Å². The predicted molar refractivity (Wildman–Crippen MR) is 70.3 cm³/mol. The van der Waals surface area contributed by atoms with Gasteiger partial charge in [0.2, 0.25) is 11.8 Å². The first-order valence-corrected chi connectivity index (χ1v) is 6.28. The Labute approximate surface area is 108 Å². The first kappa shape index (κ1) is 16.8. The predicted octanol–water partition coefficient (Wildman–Crippen LogP) is -1.85. The summed E-state index contributed by atoms with van der Waals surface area (Å²) in [5.41, 5.74) is 21.6. The summed E-state index contributed by atoms with van der Waals surface area (Å²) in [6, 6.07) is -1.32. The molecule has 0 heterocycles. The monoisotopic (exact) mass is 259 g/mol. The zero-order valence-electron chi connectivity index (χ0n) is 10.7. The minimum atomic E-state index is -0.673. The van der Waals surface area contributed by atoms with Gasteiger partial charge in [0.15, 0.2) is 0 Å². The quantitative estimate of drug-likeness (QED) is 0.292. The molecular weight excluding hydrogens is 234 g/mol. The third kappa shape index (κ3) is 7.21. The smallest absolute Gasteiger partial charge is 0.240 e. The number of carbonyl (C=O) groups is 2. The van der Waals surface area contributed by atoms with E-state index in [1.165, 1.54) is 0 Å². The normalized spacial score (nSPS) is 13.9. The van der Waals surface area contributed by atoms with Crippen molar-refractivity contribution in [3.63, 3.8) is 0 Å². The summed E-state index contributed by atoms with van der Waals surface area (Å²) in [6.45, 7) is 1.03. The summed E-state index contributed by atoms with van der Waals surface area (Å²) in [6.07, 6.45) is 3.18. The summed E-state index contributed by atoms with van der Waals surface area (Å²) >= 11 is 0. The van der Waals surface area contributed by atoms with Crippen LogP contribution in [-0.4, -0.2) is 37.0 Å². The summed E-state index contributed by atoms with van der Waals surface area (Å²) in [4.78, 5) is 22.9. The maximum atomic E-state index is 11.7. The third-order valence-electron chi connectivity index (χ3n) is 2.66. The van der Waals surface area contributed by atoms with Gasteiger partial charge in [-0.1, -0.05) is 0 Å². The van der Waals surface area contributed by atoms with Crippen LogP contribution >= 0.6 is 0 Å². The molecule has 0 rings (SSSR count). The molecule has 0 saturated carbocycles. The molecule has 0 aromatic rings. The van der Waals surface area contributed by atoms with Crippen LogP contribution in [0.1, 0.15) is 32.1 Å². The topological polar surface area (TPSA) is 150 Å². The van der Waals surface area contributed by atoms with Crippen molar-refractivity contribution >= 4 is 11.8 Å². The molecule has 0 spiro atoms. The number of carbonyl (C=O) groups excluding carboxylic acids is 2. The fourth-order valence-corrected chi connectivity index (χ4v) is 1.53. The lowest BCUT2D eigenvalue weighted by molar-refractivity contribution is -0.128. The van der Waals surface area contributed by atoms with Crippen molar-refractivity contribution in [2.45, 2.75) is 44.2 Å². The van der Waals surface area contributed by atoms with Crippen LogP contribution in [-0.2, 0) is 9.59 Å². The summed E-state index contributed by atoms with van der Waals surface area (Å²) < 4.78 is 0. The molecule has 9 N–H and O–H groups in total. The molecule has 7 nitrogen and oxygen atoms in total. The van der Waals surface area contributed by atoms with Gasteiger partial charge in [0.05, 0.1) is 6.04 Å². The van der Waals surface area contributed by atoms with Gasteiger partial charge in [-0.25, -0.2) is 0 Å². The van der Waals surface area contributed by atoms with Gasteiger partial charge in [-0.2, -0.15) is 0 Å². The molecule has 0 fully saturated rings. The Bertz CT molecular complexity index is 260. The van der Waals surface area contributed by atoms with Crippen molar-refractivity contribution < 1.29 is 9.59 Å². The molecule has 2 atom stereocenters. The van der Waals surface area contributed by atoms with Gasteiger partial charge in [-0.15, -0.1) is 0 Å². The summed E-state index contributed by atoms with van der Waals surface area (Å²) in [5, 5.41) is 2.56. The molecule has 2 amide bonds. The highest BCUT2D eigenvalue weighted by atomic mass is 16.2. The molecule has 0 saturated heterocycles. The van der Waals surface area contributed by atoms with Crippen molar-refractivity contribution in [1.29, 1.82) is 0 Å². The molecular formula is C11H25N5O2. The van der Waals surface area contributed by atoms with Gasteiger partial charge in [0, 0.05) is 0 Å². The van der Waals surface area contributed by atoms with E-state index in [9.17, 15) is 9.59 Å². The van der Waals surface area contributed by atoms with Crippen LogP contribution in [0.2, 0.25) is 0 Å². The Morgan fingerprint density at radius 1 is 1.00 bits per heavy atom. The van der Waals surface area contributed by atoms with Gasteiger partial charge >= 0.3 is 0 Å². The van der Waals surface area contributed by atoms with Crippen LogP contribution in [0.3, 0.4) is 0 Å². The second kappa shape index (κ2) is 9.81. The Kier molecular flexibility index (Phi) is 9.17. The highest BCUT2D eigenvalue weighted by Crippen LogP contribution is 2.01. The fourth-order valence-electron chi connectivity index (χ4n) is 1.53. The number of nitrogens with one attached hydrogen (secondary N) is 1. The number of nitrogens with two attached hydrogens (primary N) is 4. The zero-order valence-corrected chi connectivity index (χ0v) is 10.7. The molecule has 0 aliphatic heterocycles. The van der Waals surface area contributed by atoms with Gasteiger partial charge in [0.1, 0.15) is 6.04 Å². The van der Waals surface area contributed by atoms with E-state index in [1.807, 2.05) is 0 Å². The van der Waals surface area contributed by atoms with Crippen LogP contribution < -0.4 is 28.3 Å². The molecule has 0 aromatic heterocycles. The van der Waals surface area contributed by atoms with E-state index in [2.05, 4.69) is 5.32 Å². The standard InChI is InChI=1S/C11H25N5O2/c12-6-2-1-5-9(10(15)17)16-11(18)8(14)4-3-7-13/h8-9H,1-7,12-14H2,(H2,15,17)(H,16,18)/t8-,9+/m1/s1. The van der Waals surface area contributed by atoms with E-state index in [1.54, 1.807) is 0 Å². The SMILES string of the molecule is NCCCC[C@H](NC(=O)[C@H](N)CCCN)C(N)=O. The van der Waals surface area contributed by atoms with E-state index in [-0.39, 0.29) is 5.91 Å². The average molecular weight is 259 g/mol. The number of unbranched alkanes of at least 4 members (excludes halogenated alkanes) is 1. The highest BCUT2D eigenvalue weighted by molar-refractivity contribution is 5.88. The first-order valence-electron chi connectivity index (χ1n) is 6.28. The number of hydrogen-bond acceptors (Lipinski definition) is 5.